The Hall–Kier alpha value is -2.47. The van der Waals surface area contributed by atoms with Gasteiger partial charge < -0.3 is 10.4 Å². The lowest BCUT2D eigenvalue weighted by Gasteiger charge is -2.23. The number of carboxylic acid groups (broad SMARTS) is 1. The number of aromatic nitrogens is 1. The third kappa shape index (κ3) is 4.27. The fraction of sp³-hybridized carbons (Fsp3) is 0.381. The molecule has 1 aliphatic rings. The van der Waals surface area contributed by atoms with Gasteiger partial charge in [-0.1, -0.05) is 50.3 Å². The maximum atomic E-state index is 12.6. The number of nitrogens with one attached hydrogen (secondary N) is 1. The highest BCUT2D eigenvalue weighted by atomic mass is 32.1. The van der Waals surface area contributed by atoms with Crippen LogP contribution in [-0.2, 0) is 9.59 Å². The lowest BCUT2D eigenvalue weighted by Crippen LogP contribution is -2.34. The number of anilines is 1. The monoisotopic (exact) mass is 384 g/mol. The summed E-state index contributed by atoms with van der Waals surface area (Å²) in [6.07, 6.45) is 4.53. The van der Waals surface area contributed by atoms with E-state index in [0.29, 0.717) is 23.9 Å². The number of hydrogen-bond acceptors (Lipinski definition) is 4. The number of carbonyl (C=O) groups excluding carboxylic acids is 1. The number of carbonyl (C=O) groups is 2. The molecule has 1 aliphatic carbocycles. The van der Waals surface area contributed by atoms with Crippen molar-refractivity contribution in [3.8, 4) is 11.3 Å². The minimum absolute atomic E-state index is 0.276. The molecule has 1 heterocycles. The van der Waals surface area contributed by atoms with Gasteiger partial charge in [-0.3, -0.25) is 9.59 Å². The average Bonchev–Trinajstić information content (AvgIpc) is 3.01. The Kier molecular flexibility index (Phi) is 5.75. The van der Waals surface area contributed by atoms with Crippen molar-refractivity contribution in [1.29, 1.82) is 0 Å². The summed E-state index contributed by atoms with van der Waals surface area (Å²) < 4.78 is 0. The van der Waals surface area contributed by atoms with Crippen LogP contribution in [0.5, 0.6) is 0 Å². The lowest BCUT2D eigenvalue weighted by atomic mass is 9.82. The molecule has 2 atom stereocenters. The number of carboxylic acids is 1. The maximum Gasteiger partial charge on any atom is 0.307 e. The van der Waals surface area contributed by atoms with Crippen LogP contribution in [0.15, 0.2) is 36.4 Å². The van der Waals surface area contributed by atoms with Crippen LogP contribution >= 0.6 is 11.3 Å². The van der Waals surface area contributed by atoms with Gasteiger partial charge in [0.05, 0.1) is 17.5 Å². The zero-order valence-corrected chi connectivity index (χ0v) is 16.5. The number of allylic oxidation sites excluding steroid dienone is 2. The normalized spacial score (nSPS) is 19.3. The summed E-state index contributed by atoms with van der Waals surface area (Å²) in [7, 11) is 0. The van der Waals surface area contributed by atoms with Gasteiger partial charge in [0.25, 0.3) is 0 Å². The molecule has 0 unspecified atom stereocenters. The Labute approximate surface area is 163 Å². The molecule has 0 bridgehead atoms. The van der Waals surface area contributed by atoms with Crippen molar-refractivity contribution >= 4 is 28.3 Å². The second kappa shape index (κ2) is 8.05. The van der Waals surface area contributed by atoms with E-state index in [9.17, 15) is 14.7 Å². The summed E-state index contributed by atoms with van der Waals surface area (Å²) in [6.45, 7) is 6.28. The molecule has 0 spiro atoms. The molecule has 6 heteroatoms. The molecule has 142 valence electrons. The Bertz CT molecular complexity index is 868. The van der Waals surface area contributed by atoms with Crippen LogP contribution in [0.1, 0.15) is 43.0 Å². The fourth-order valence-corrected chi connectivity index (χ4v) is 4.16. The average molecular weight is 385 g/mol. The number of thiazole rings is 1. The van der Waals surface area contributed by atoms with Crippen LogP contribution in [0.2, 0.25) is 0 Å². The van der Waals surface area contributed by atoms with Gasteiger partial charge in [0.1, 0.15) is 0 Å². The largest absolute Gasteiger partial charge is 0.481 e. The molecule has 1 aromatic heterocycles. The summed E-state index contributed by atoms with van der Waals surface area (Å²) in [5.74, 6) is -1.98. The minimum atomic E-state index is -0.930. The first kappa shape index (κ1) is 19.3. The maximum absolute atomic E-state index is 12.6. The van der Waals surface area contributed by atoms with Gasteiger partial charge >= 0.3 is 5.97 Å². The highest BCUT2D eigenvalue weighted by Gasteiger charge is 2.34. The predicted molar refractivity (Wildman–Crippen MR) is 108 cm³/mol. The van der Waals surface area contributed by atoms with E-state index in [1.165, 1.54) is 16.9 Å². The standard InChI is InChI=1S/C21H24N2O3S/c1-12(2)14-8-10-15(11-9-14)18-13(3)27-21(22-18)23-19(24)16-6-4-5-7-17(16)20(25)26/h4-5,8-12,16-17H,6-7H2,1-3H3,(H,25,26)(H,22,23,24)/t16-,17-/m0/s1. The van der Waals surface area contributed by atoms with Gasteiger partial charge in [-0.15, -0.1) is 11.3 Å². The summed E-state index contributed by atoms with van der Waals surface area (Å²) >= 11 is 1.41. The molecular weight excluding hydrogens is 360 g/mol. The number of nitrogens with zero attached hydrogens (tertiary/aromatic N) is 1. The van der Waals surface area contributed by atoms with Gasteiger partial charge in [-0.2, -0.15) is 0 Å². The van der Waals surface area contributed by atoms with E-state index in [2.05, 4.69) is 48.4 Å². The molecule has 1 aromatic carbocycles. The summed E-state index contributed by atoms with van der Waals surface area (Å²) in [5, 5.41) is 12.7. The Morgan fingerprint density at radius 3 is 2.37 bits per heavy atom. The van der Waals surface area contributed by atoms with E-state index < -0.39 is 17.8 Å². The van der Waals surface area contributed by atoms with Crippen molar-refractivity contribution in [3.63, 3.8) is 0 Å². The van der Waals surface area contributed by atoms with E-state index >= 15 is 0 Å². The third-order valence-electron chi connectivity index (χ3n) is 4.96. The molecule has 1 amide bonds. The topological polar surface area (TPSA) is 79.3 Å². The zero-order valence-electron chi connectivity index (χ0n) is 15.7. The number of benzene rings is 1. The molecule has 3 rings (SSSR count). The quantitative estimate of drug-likeness (QED) is 0.723. The third-order valence-corrected chi connectivity index (χ3v) is 5.85. The van der Waals surface area contributed by atoms with Gasteiger partial charge in [0.15, 0.2) is 5.13 Å². The highest BCUT2D eigenvalue weighted by molar-refractivity contribution is 7.16. The van der Waals surface area contributed by atoms with E-state index in [1.807, 2.05) is 19.1 Å². The number of hydrogen-bond donors (Lipinski definition) is 2. The molecule has 2 aromatic rings. The van der Waals surface area contributed by atoms with Gasteiger partial charge in [-0.05, 0) is 31.2 Å². The first-order valence-electron chi connectivity index (χ1n) is 9.13. The predicted octanol–water partition coefficient (Wildman–Crippen LogP) is 4.85. The van der Waals surface area contributed by atoms with Crippen LogP contribution in [0.25, 0.3) is 11.3 Å². The van der Waals surface area contributed by atoms with Crippen LogP contribution in [0.3, 0.4) is 0 Å². The van der Waals surface area contributed by atoms with Crippen LogP contribution in [0, 0.1) is 18.8 Å². The highest BCUT2D eigenvalue weighted by Crippen LogP contribution is 2.33. The number of rotatable bonds is 5. The summed E-state index contributed by atoms with van der Waals surface area (Å²) in [6, 6.07) is 8.30. The van der Waals surface area contributed by atoms with Gasteiger partial charge in [0.2, 0.25) is 5.91 Å². The second-order valence-corrected chi connectivity index (χ2v) is 8.39. The van der Waals surface area contributed by atoms with Crippen LogP contribution in [0.4, 0.5) is 5.13 Å². The van der Waals surface area contributed by atoms with Crippen molar-refractivity contribution in [3.05, 3.63) is 46.9 Å². The van der Waals surface area contributed by atoms with Gasteiger partial charge in [0, 0.05) is 10.4 Å². The molecule has 27 heavy (non-hydrogen) atoms. The van der Waals surface area contributed by atoms with E-state index in [-0.39, 0.29) is 5.91 Å². The van der Waals surface area contributed by atoms with E-state index in [4.69, 9.17) is 0 Å². The molecule has 0 saturated carbocycles. The SMILES string of the molecule is Cc1sc(NC(=O)[C@H]2CC=CC[C@@H]2C(=O)O)nc1-c1ccc(C(C)C)cc1. The molecular formula is C21H24N2O3S. The lowest BCUT2D eigenvalue weighted by molar-refractivity contribution is -0.146. The number of amides is 1. The first-order chi connectivity index (χ1) is 12.9. The molecule has 0 radical (unpaired) electrons. The molecule has 0 aliphatic heterocycles. The minimum Gasteiger partial charge on any atom is -0.481 e. The zero-order chi connectivity index (χ0) is 19.6. The molecule has 0 saturated heterocycles. The molecule has 2 N–H and O–H groups in total. The number of aryl methyl sites for hydroxylation is 1. The van der Waals surface area contributed by atoms with E-state index in [0.717, 1.165) is 16.1 Å². The van der Waals surface area contributed by atoms with Crippen molar-refractivity contribution in [1.82, 2.24) is 4.98 Å². The van der Waals surface area contributed by atoms with Crippen LogP contribution < -0.4 is 5.32 Å². The van der Waals surface area contributed by atoms with Crippen molar-refractivity contribution in [2.45, 2.75) is 39.5 Å². The number of aliphatic carboxylic acids is 1. The molecule has 5 nitrogen and oxygen atoms in total. The molecule has 0 fully saturated rings. The Morgan fingerprint density at radius 2 is 1.78 bits per heavy atom. The van der Waals surface area contributed by atoms with Crippen molar-refractivity contribution in [2.24, 2.45) is 11.8 Å². The van der Waals surface area contributed by atoms with Gasteiger partial charge in [-0.25, -0.2) is 4.98 Å². The Balaban J connectivity index is 1.77. The van der Waals surface area contributed by atoms with E-state index in [1.54, 1.807) is 0 Å². The smallest absolute Gasteiger partial charge is 0.307 e. The Morgan fingerprint density at radius 1 is 1.15 bits per heavy atom. The fourth-order valence-electron chi connectivity index (χ4n) is 3.32. The van der Waals surface area contributed by atoms with Crippen molar-refractivity contribution < 1.29 is 14.7 Å². The second-order valence-electron chi connectivity index (χ2n) is 7.18. The summed E-state index contributed by atoms with van der Waals surface area (Å²) in [5.41, 5.74) is 3.13. The van der Waals surface area contributed by atoms with Crippen LogP contribution in [-0.4, -0.2) is 22.0 Å². The summed E-state index contributed by atoms with van der Waals surface area (Å²) in [4.78, 5) is 29.6. The first-order valence-corrected chi connectivity index (χ1v) is 9.95. The van der Waals surface area contributed by atoms with Crippen molar-refractivity contribution in [2.75, 3.05) is 5.32 Å².